The van der Waals surface area contributed by atoms with Gasteiger partial charge in [0.25, 0.3) is 0 Å². The van der Waals surface area contributed by atoms with Crippen molar-refractivity contribution < 1.29 is 14.6 Å². The van der Waals surface area contributed by atoms with E-state index in [0.29, 0.717) is 16.3 Å². The molecular weight excluding hydrogens is 340 g/mol. The second-order valence-corrected chi connectivity index (χ2v) is 5.46. The van der Waals surface area contributed by atoms with Gasteiger partial charge < -0.3 is 14.6 Å². The monoisotopic (exact) mass is 356 g/mol. The molecule has 25 heavy (non-hydrogen) atoms. The fourth-order valence-corrected chi connectivity index (χ4v) is 2.40. The number of nitrogens with zero attached hydrogens (tertiary/aromatic N) is 3. The second kappa shape index (κ2) is 7.18. The Morgan fingerprint density at radius 2 is 1.92 bits per heavy atom. The Hall–Kier alpha value is -3.13. The quantitative estimate of drug-likeness (QED) is 0.542. The SMILES string of the molecule is COc1ccc(-c2n[nH]c(=S)n2N=Cc2ccc(O)c(OC)c2)cc1. The zero-order valence-electron chi connectivity index (χ0n) is 13.6. The van der Waals surface area contributed by atoms with E-state index in [4.69, 9.17) is 21.7 Å². The number of nitrogens with one attached hydrogen (secondary N) is 1. The van der Waals surface area contributed by atoms with Crippen LogP contribution >= 0.6 is 12.2 Å². The number of hydrogen-bond donors (Lipinski definition) is 2. The fourth-order valence-electron chi connectivity index (χ4n) is 2.22. The minimum absolute atomic E-state index is 0.0681. The molecule has 7 nitrogen and oxygen atoms in total. The average molecular weight is 356 g/mol. The number of rotatable bonds is 5. The maximum atomic E-state index is 9.65. The molecule has 2 aromatic carbocycles. The summed E-state index contributed by atoms with van der Waals surface area (Å²) in [6.45, 7) is 0. The van der Waals surface area contributed by atoms with Crippen LogP contribution in [-0.4, -0.2) is 40.4 Å². The lowest BCUT2D eigenvalue weighted by molar-refractivity contribution is 0.373. The van der Waals surface area contributed by atoms with E-state index in [9.17, 15) is 5.11 Å². The number of benzene rings is 2. The van der Waals surface area contributed by atoms with Crippen molar-refractivity contribution >= 4 is 18.4 Å². The lowest BCUT2D eigenvalue weighted by atomic mass is 10.2. The van der Waals surface area contributed by atoms with Gasteiger partial charge in [0.15, 0.2) is 17.3 Å². The molecule has 0 saturated carbocycles. The van der Waals surface area contributed by atoms with Crippen molar-refractivity contribution in [3.05, 3.63) is 52.8 Å². The summed E-state index contributed by atoms with van der Waals surface area (Å²) in [5, 5.41) is 21.0. The lowest BCUT2D eigenvalue weighted by Crippen LogP contribution is -1.95. The van der Waals surface area contributed by atoms with Crippen molar-refractivity contribution in [3.8, 4) is 28.6 Å². The number of phenolic OH excluding ortho intramolecular Hbond substituents is 1. The second-order valence-electron chi connectivity index (χ2n) is 5.07. The number of H-pyrrole nitrogens is 1. The van der Waals surface area contributed by atoms with E-state index in [-0.39, 0.29) is 5.75 Å². The lowest BCUT2D eigenvalue weighted by Gasteiger charge is -2.04. The van der Waals surface area contributed by atoms with Crippen molar-refractivity contribution in [1.29, 1.82) is 0 Å². The topological polar surface area (TPSA) is 84.7 Å². The Morgan fingerprint density at radius 3 is 2.60 bits per heavy atom. The van der Waals surface area contributed by atoms with Gasteiger partial charge in [0.05, 0.1) is 20.4 Å². The first kappa shape index (κ1) is 16.7. The minimum Gasteiger partial charge on any atom is -0.504 e. The van der Waals surface area contributed by atoms with Crippen molar-refractivity contribution in [2.45, 2.75) is 0 Å². The van der Waals surface area contributed by atoms with E-state index in [2.05, 4.69) is 15.3 Å². The third-order valence-electron chi connectivity index (χ3n) is 3.52. The predicted octanol–water partition coefficient (Wildman–Crippen LogP) is 3.21. The Bertz CT molecular complexity index is 961. The molecule has 0 fully saturated rings. The molecule has 128 valence electrons. The number of aromatic nitrogens is 3. The fraction of sp³-hybridized carbons (Fsp3) is 0.118. The van der Waals surface area contributed by atoms with Gasteiger partial charge in [-0.1, -0.05) is 0 Å². The first-order chi connectivity index (χ1) is 12.1. The van der Waals surface area contributed by atoms with Crippen LogP contribution in [0.15, 0.2) is 47.6 Å². The number of ether oxygens (including phenoxy) is 2. The molecule has 0 saturated heterocycles. The van der Waals surface area contributed by atoms with Gasteiger partial charge in [0, 0.05) is 5.56 Å². The number of methoxy groups -OCH3 is 2. The maximum Gasteiger partial charge on any atom is 0.216 e. The molecule has 0 aliphatic rings. The van der Waals surface area contributed by atoms with Crippen LogP contribution in [0.25, 0.3) is 11.4 Å². The first-order valence-corrected chi connectivity index (χ1v) is 7.76. The molecule has 0 atom stereocenters. The first-order valence-electron chi connectivity index (χ1n) is 7.35. The van der Waals surface area contributed by atoms with E-state index in [0.717, 1.165) is 16.9 Å². The highest BCUT2D eigenvalue weighted by atomic mass is 32.1. The summed E-state index contributed by atoms with van der Waals surface area (Å²) in [6.07, 6.45) is 1.61. The highest BCUT2D eigenvalue weighted by Gasteiger charge is 2.08. The molecule has 3 aromatic rings. The minimum atomic E-state index is 0.0681. The molecule has 3 rings (SSSR count). The zero-order chi connectivity index (χ0) is 17.8. The van der Waals surface area contributed by atoms with Gasteiger partial charge in [0.2, 0.25) is 4.77 Å². The molecule has 8 heteroatoms. The largest absolute Gasteiger partial charge is 0.504 e. The summed E-state index contributed by atoms with van der Waals surface area (Å²) < 4.78 is 12.1. The van der Waals surface area contributed by atoms with Crippen LogP contribution < -0.4 is 9.47 Å². The molecule has 0 spiro atoms. The van der Waals surface area contributed by atoms with E-state index in [1.54, 1.807) is 31.5 Å². The van der Waals surface area contributed by atoms with Crippen LogP contribution in [-0.2, 0) is 0 Å². The third kappa shape index (κ3) is 3.53. The Balaban J connectivity index is 1.95. The summed E-state index contributed by atoms with van der Waals surface area (Å²) in [5.74, 6) is 1.77. The van der Waals surface area contributed by atoms with Gasteiger partial charge in [-0.3, -0.25) is 0 Å². The smallest absolute Gasteiger partial charge is 0.216 e. The van der Waals surface area contributed by atoms with E-state index in [1.807, 2.05) is 24.3 Å². The van der Waals surface area contributed by atoms with Gasteiger partial charge >= 0.3 is 0 Å². The van der Waals surface area contributed by atoms with Gasteiger partial charge in [-0.25, -0.2) is 5.10 Å². The molecule has 0 aliphatic carbocycles. The molecular formula is C17H16N4O3S. The molecule has 1 aromatic heterocycles. The number of phenols is 1. The van der Waals surface area contributed by atoms with Gasteiger partial charge in [-0.2, -0.15) is 14.9 Å². The Kier molecular flexibility index (Phi) is 4.80. The Morgan fingerprint density at radius 1 is 1.16 bits per heavy atom. The van der Waals surface area contributed by atoms with Crippen LogP contribution in [0.5, 0.6) is 17.2 Å². The number of hydrogen-bond acceptors (Lipinski definition) is 6. The van der Waals surface area contributed by atoms with Gasteiger partial charge in [-0.05, 0) is 60.2 Å². The molecule has 1 heterocycles. The van der Waals surface area contributed by atoms with Crippen molar-refractivity contribution in [3.63, 3.8) is 0 Å². The van der Waals surface area contributed by atoms with E-state index < -0.39 is 0 Å². The summed E-state index contributed by atoms with van der Waals surface area (Å²) in [6, 6.07) is 12.4. The van der Waals surface area contributed by atoms with Crippen LogP contribution in [0.2, 0.25) is 0 Å². The van der Waals surface area contributed by atoms with E-state index in [1.165, 1.54) is 11.8 Å². The number of aromatic amines is 1. The Labute approximate surface area is 149 Å². The van der Waals surface area contributed by atoms with Gasteiger partial charge in [0.1, 0.15) is 5.75 Å². The zero-order valence-corrected chi connectivity index (χ0v) is 14.4. The predicted molar refractivity (Wildman–Crippen MR) is 97.1 cm³/mol. The molecule has 0 bridgehead atoms. The van der Waals surface area contributed by atoms with E-state index >= 15 is 0 Å². The van der Waals surface area contributed by atoms with Crippen molar-refractivity contribution in [2.24, 2.45) is 5.10 Å². The van der Waals surface area contributed by atoms with Crippen LogP contribution in [0.4, 0.5) is 0 Å². The standard InChI is InChI=1S/C17H16N4O3S/c1-23-13-6-4-12(5-7-13)16-19-20-17(25)21(16)18-10-11-3-8-14(22)15(9-11)24-2/h3-10,22H,1-2H3,(H,20,25). The summed E-state index contributed by atoms with van der Waals surface area (Å²) in [4.78, 5) is 0. The highest BCUT2D eigenvalue weighted by molar-refractivity contribution is 7.71. The average Bonchev–Trinajstić information content (AvgIpc) is 3.01. The summed E-state index contributed by atoms with van der Waals surface area (Å²) in [7, 11) is 3.10. The maximum absolute atomic E-state index is 9.65. The molecule has 0 unspecified atom stereocenters. The van der Waals surface area contributed by atoms with Crippen molar-refractivity contribution in [2.75, 3.05) is 14.2 Å². The molecule has 0 amide bonds. The number of aromatic hydroxyl groups is 1. The molecule has 2 N–H and O–H groups in total. The van der Waals surface area contributed by atoms with Crippen molar-refractivity contribution in [1.82, 2.24) is 14.9 Å². The van der Waals surface area contributed by atoms with Crippen LogP contribution in [0, 0.1) is 4.77 Å². The summed E-state index contributed by atoms with van der Waals surface area (Å²) in [5.41, 5.74) is 1.59. The normalized spacial score (nSPS) is 11.0. The third-order valence-corrected chi connectivity index (χ3v) is 3.79. The highest BCUT2D eigenvalue weighted by Crippen LogP contribution is 2.26. The summed E-state index contributed by atoms with van der Waals surface area (Å²) >= 11 is 5.25. The van der Waals surface area contributed by atoms with Crippen LogP contribution in [0.1, 0.15) is 5.56 Å². The molecule has 0 aliphatic heterocycles. The van der Waals surface area contributed by atoms with Crippen LogP contribution in [0.3, 0.4) is 0 Å². The van der Waals surface area contributed by atoms with Gasteiger partial charge in [-0.15, -0.1) is 0 Å². The molecule has 0 radical (unpaired) electrons.